The van der Waals surface area contributed by atoms with Crippen LogP contribution in [0.25, 0.3) is 0 Å². The first-order chi connectivity index (χ1) is 10.0. The molecule has 0 saturated carbocycles. The minimum absolute atomic E-state index is 0.0643. The van der Waals surface area contributed by atoms with Crippen molar-refractivity contribution in [3.8, 4) is 0 Å². The number of nitrogens with zero attached hydrogens (tertiary/aromatic N) is 1. The fourth-order valence-electron chi connectivity index (χ4n) is 2.75. The Morgan fingerprint density at radius 1 is 1.19 bits per heavy atom. The summed E-state index contributed by atoms with van der Waals surface area (Å²) in [7, 11) is 0. The van der Waals surface area contributed by atoms with Crippen LogP contribution in [0.15, 0.2) is 30.3 Å². The number of aliphatic carboxylic acids is 1. The summed E-state index contributed by atoms with van der Waals surface area (Å²) in [5, 5.41) is 9.06. The molecule has 2 unspecified atom stereocenters. The zero-order chi connectivity index (χ0) is 15.4. The number of likely N-dealkylation sites (tertiary alicyclic amines) is 1. The lowest BCUT2D eigenvalue weighted by atomic mass is 10.0. The normalized spacial score (nSPS) is 21.3. The second kappa shape index (κ2) is 6.52. The van der Waals surface area contributed by atoms with Crippen LogP contribution in [-0.4, -0.2) is 40.3 Å². The van der Waals surface area contributed by atoms with E-state index in [1.54, 1.807) is 36.1 Å². The summed E-state index contributed by atoms with van der Waals surface area (Å²) < 4.78 is 0. The molecule has 21 heavy (non-hydrogen) atoms. The molecule has 1 N–H and O–H groups in total. The van der Waals surface area contributed by atoms with Crippen molar-refractivity contribution in [1.82, 2.24) is 4.90 Å². The van der Waals surface area contributed by atoms with Gasteiger partial charge in [0.25, 0.3) is 0 Å². The molecule has 5 nitrogen and oxygen atoms in total. The Balaban J connectivity index is 1.88. The van der Waals surface area contributed by atoms with Crippen LogP contribution < -0.4 is 0 Å². The Morgan fingerprint density at radius 2 is 1.86 bits per heavy atom. The number of amides is 1. The van der Waals surface area contributed by atoms with E-state index in [9.17, 15) is 14.4 Å². The number of rotatable bonds is 5. The highest BCUT2D eigenvalue weighted by atomic mass is 16.4. The van der Waals surface area contributed by atoms with Gasteiger partial charge in [-0.1, -0.05) is 30.3 Å². The Kier molecular flexibility index (Phi) is 4.73. The molecule has 0 spiro atoms. The van der Waals surface area contributed by atoms with Crippen molar-refractivity contribution >= 4 is 17.7 Å². The number of carbonyl (C=O) groups is 3. The van der Waals surface area contributed by atoms with E-state index < -0.39 is 11.9 Å². The third kappa shape index (κ3) is 3.48. The molecule has 5 heteroatoms. The highest BCUT2D eigenvalue weighted by Crippen LogP contribution is 2.25. The smallest absolute Gasteiger partial charge is 0.308 e. The van der Waals surface area contributed by atoms with Crippen molar-refractivity contribution < 1.29 is 19.5 Å². The number of ketones is 1. The predicted octanol–water partition coefficient (Wildman–Crippen LogP) is 1.97. The molecule has 0 aromatic heterocycles. The number of Topliss-reactive ketones (excluding diaryl/α,β-unsaturated/α-hetero) is 1. The van der Waals surface area contributed by atoms with Gasteiger partial charge in [-0.15, -0.1) is 0 Å². The lowest BCUT2D eigenvalue weighted by Gasteiger charge is -2.23. The average Bonchev–Trinajstić information content (AvgIpc) is 2.87. The van der Waals surface area contributed by atoms with E-state index in [0.717, 1.165) is 0 Å². The van der Waals surface area contributed by atoms with E-state index in [-0.39, 0.29) is 30.6 Å². The molecular formula is C16H19NO4. The summed E-state index contributed by atoms with van der Waals surface area (Å²) in [5.41, 5.74) is 0.600. The van der Waals surface area contributed by atoms with Gasteiger partial charge in [-0.25, -0.2) is 0 Å². The topological polar surface area (TPSA) is 74.7 Å². The first-order valence-corrected chi connectivity index (χ1v) is 7.11. The van der Waals surface area contributed by atoms with Crippen LogP contribution in [-0.2, 0) is 9.59 Å². The van der Waals surface area contributed by atoms with Gasteiger partial charge in [-0.2, -0.15) is 0 Å². The molecule has 1 aliphatic rings. The summed E-state index contributed by atoms with van der Waals surface area (Å²) >= 11 is 0. The first kappa shape index (κ1) is 15.2. The molecule has 1 fully saturated rings. The van der Waals surface area contributed by atoms with Crippen molar-refractivity contribution in [3.05, 3.63) is 35.9 Å². The van der Waals surface area contributed by atoms with Gasteiger partial charge in [0.2, 0.25) is 5.91 Å². The van der Waals surface area contributed by atoms with Gasteiger partial charge in [0.05, 0.1) is 5.92 Å². The zero-order valence-electron chi connectivity index (χ0n) is 12.0. The highest BCUT2D eigenvalue weighted by molar-refractivity contribution is 5.98. The maximum atomic E-state index is 12.1. The summed E-state index contributed by atoms with van der Waals surface area (Å²) in [4.78, 5) is 36.7. The average molecular weight is 289 g/mol. The van der Waals surface area contributed by atoms with Crippen LogP contribution in [0.3, 0.4) is 0 Å². The van der Waals surface area contributed by atoms with Crippen molar-refractivity contribution in [2.24, 2.45) is 5.92 Å². The van der Waals surface area contributed by atoms with Crippen molar-refractivity contribution in [3.63, 3.8) is 0 Å². The van der Waals surface area contributed by atoms with E-state index in [1.165, 1.54) is 0 Å². The van der Waals surface area contributed by atoms with E-state index in [0.29, 0.717) is 18.5 Å². The standard InChI is InChI=1S/C16H19NO4/c1-11-13(16(20)21)9-10-17(11)15(19)8-7-14(18)12-5-3-2-4-6-12/h2-6,11,13H,7-10H2,1H3,(H,20,21). The Morgan fingerprint density at radius 3 is 2.43 bits per heavy atom. The maximum Gasteiger partial charge on any atom is 0.308 e. The van der Waals surface area contributed by atoms with Crippen molar-refractivity contribution in [1.29, 1.82) is 0 Å². The van der Waals surface area contributed by atoms with Crippen LogP contribution in [0, 0.1) is 5.92 Å². The minimum atomic E-state index is -0.863. The number of carboxylic acids is 1. The van der Waals surface area contributed by atoms with Crippen LogP contribution in [0.4, 0.5) is 0 Å². The fraction of sp³-hybridized carbons (Fsp3) is 0.438. The number of hydrogen-bond donors (Lipinski definition) is 1. The minimum Gasteiger partial charge on any atom is -0.481 e. The van der Waals surface area contributed by atoms with Crippen LogP contribution in [0.5, 0.6) is 0 Å². The maximum absolute atomic E-state index is 12.1. The van der Waals surface area contributed by atoms with E-state index >= 15 is 0 Å². The van der Waals surface area contributed by atoms with E-state index in [1.807, 2.05) is 6.07 Å². The molecule has 1 saturated heterocycles. The quantitative estimate of drug-likeness (QED) is 0.841. The van der Waals surface area contributed by atoms with Gasteiger partial charge in [-0.3, -0.25) is 14.4 Å². The Hall–Kier alpha value is -2.17. The SMILES string of the molecule is CC1C(C(=O)O)CCN1C(=O)CCC(=O)c1ccccc1. The number of benzene rings is 1. The Bertz CT molecular complexity index is 540. The molecule has 112 valence electrons. The third-order valence-electron chi connectivity index (χ3n) is 4.05. The van der Waals surface area contributed by atoms with E-state index in [4.69, 9.17) is 5.11 Å². The lowest BCUT2D eigenvalue weighted by Crippen LogP contribution is -2.37. The van der Waals surface area contributed by atoms with E-state index in [2.05, 4.69) is 0 Å². The van der Waals surface area contributed by atoms with Crippen molar-refractivity contribution in [2.45, 2.75) is 32.2 Å². The van der Waals surface area contributed by atoms with Gasteiger partial charge >= 0.3 is 5.97 Å². The first-order valence-electron chi connectivity index (χ1n) is 7.11. The van der Waals surface area contributed by atoms with Gasteiger partial charge in [0.1, 0.15) is 0 Å². The molecular weight excluding hydrogens is 270 g/mol. The molecule has 1 amide bonds. The number of hydrogen-bond acceptors (Lipinski definition) is 3. The molecule has 1 aromatic carbocycles. The monoisotopic (exact) mass is 289 g/mol. The molecule has 0 radical (unpaired) electrons. The number of carbonyl (C=O) groups excluding carboxylic acids is 2. The van der Waals surface area contributed by atoms with Gasteiger partial charge in [0, 0.05) is 31.0 Å². The third-order valence-corrected chi connectivity index (χ3v) is 4.05. The second-order valence-electron chi connectivity index (χ2n) is 5.35. The molecule has 2 atom stereocenters. The lowest BCUT2D eigenvalue weighted by molar-refractivity contribution is -0.143. The largest absolute Gasteiger partial charge is 0.481 e. The van der Waals surface area contributed by atoms with Gasteiger partial charge < -0.3 is 10.0 Å². The highest BCUT2D eigenvalue weighted by Gasteiger charge is 2.37. The van der Waals surface area contributed by atoms with Crippen LogP contribution >= 0.6 is 0 Å². The van der Waals surface area contributed by atoms with Crippen LogP contribution in [0.2, 0.25) is 0 Å². The molecule has 1 heterocycles. The molecule has 0 aliphatic carbocycles. The molecule has 0 bridgehead atoms. The fourth-order valence-corrected chi connectivity index (χ4v) is 2.75. The molecule has 1 aromatic rings. The zero-order valence-corrected chi connectivity index (χ0v) is 12.0. The molecule has 2 rings (SSSR count). The number of carboxylic acid groups (broad SMARTS) is 1. The summed E-state index contributed by atoms with van der Waals surface area (Å²) in [6.07, 6.45) is 0.767. The van der Waals surface area contributed by atoms with Crippen molar-refractivity contribution in [2.75, 3.05) is 6.54 Å². The predicted molar refractivity (Wildman–Crippen MR) is 76.9 cm³/mol. The second-order valence-corrected chi connectivity index (χ2v) is 5.35. The summed E-state index contributed by atoms with van der Waals surface area (Å²) in [5.74, 6) is -1.57. The molecule has 1 aliphatic heterocycles. The van der Waals surface area contributed by atoms with Gasteiger partial charge in [0.15, 0.2) is 5.78 Å². The summed E-state index contributed by atoms with van der Waals surface area (Å²) in [6, 6.07) is 8.56. The van der Waals surface area contributed by atoms with Gasteiger partial charge in [-0.05, 0) is 13.3 Å². The summed E-state index contributed by atoms with van der Waals surface area (Å²) in [6.45, 7) is 2.21. The Labute approximate surface area is 123 Å². The van der Waals surface area contributed by atoms with Crippen LogP contribution in [0.1, 0.15) is 36.5 Å².